The zero-order valence-corrected chi connectivity index (χ0v) is 12.4. The average Bonchev–Trinajstić information content (AvgIpc) is 2.95. The summed E-state index contributed by atoms with van der Waals surface area (Å²) in [6.45, 7) is 0. The third kappa shape index (κ3) is 2.45. The molecule has 5 heteroatoms. The number of rotatable bonds is 2. The first kappa shape index (κ1) is 12.8. The molecular formula is C14H12BrNO2S. The summed E-state index contributed by atoms with van der Waals surface area (Å²) < 4.78 is 0.921. The molecule has 0 fully saturated rings. The van der Waals surface area contributed by atoms with E-state index < -0.39 is 6.10 Å². The maximum Gasteiger partial charge on any atom is 0.252 e. The molecule has 98 valence electrons. The number of fused-ring (bicyclic) bond motifs is 1. The molecule has 3 nitrogen and oxygen atoms in total. The molecule has 19 heavy (non-hydrogen) atoms. The molecule has 1 amide bonds. The summed E-state index contributed by atoms with van der Waals surface area (Å²) in [5, 5.41) is 14.8. The third-order valence-electron chi connectivity index (χ3n) is 3.32. The summed E-state index contributed by atoms with van der Waals surface area (Å²) in [4.78, 5) is 12.1. The summed E-state index contributed by atoms with van der Waals surface area (Å²) in [5.74, 6) is -0.150. The van der Waals surface area contributed by atoms with Crippen molar-refractivity contribution in [2.24, 2.45) is 0 Å². The lowest BCUT2D eigenvalue weighted by Crippen LogP contribution is -2.33. The quantitative estimate of drug-likeness (QED) is 0.885. The van der Waals surface area contributed by atoms with E-state index in [0.717, 1.165) is 14.9 Å². The number of thiophene rings is 1. The van der Waals surface area contributed by atoms with Crippen molar-refractivity contribution >= 4 is 33.2 Å². The summed E-state index contributed by atoms with van der Waals surface area (Å²) in [6, 6.07) is 9.30. The van der Waals surface area contributed by atoms with Crippen LogP contribution in [0.4, 0.5) is 0 Å². The molecule has 0 aliphatic heterocycles. The number of aliphatic hydroxyl groups excluding tert-OH is 1. The molecule has 1 aliphatic carbocycles. The Morgan fingerprint density at radius 3 is 2.95 bits per heavy atom. The highest BCUT2D eigenvalue weighted by atomic mass is 79.9. The Balaban J connectivity index is 1.82. The van der Waals surface area contributed by atoms with E-state index in [1.165, 1.54) is 11.3 Å². The van der Waals surface area contributed by atoms with Gasteiger partial charge < -0.3 is 10.4 Å². The molecule has 0 saturated carbocycles. The fraction of sp³-hybridized carbons (Fsp3) is 0.214. The predicted octanol–water partition coefficient (Wildman–Crippen LogP) is 2.90. The van der Waals surface area contributed by atoms with E-state index in [9.17, 15) is 9.90 Å². The monoisotopic (exact) mass is 337 g/mol. The van der Waals surface area contributed by atoms with Crippen LogP contribution in [0.1, 0.15) is 27.5 Å². The van der Waals surface area contributed by atoms with Crippen LogP contribution in [0.25, 0.3) is 0 Å². The van der Waals surface area contributed by atoms with Gasteiger partial charge in [-0.3, -0.25) is 4.79 Å². The van der Waals surface area contributed by atoms with Gasteiger partial charge in [-0.15, -0.1) is 11.3 Å². The second-order valence-electron chi connectivity index (χ2n) is 4.56. The molecule has 1 aromatic heterocycles. The lowest BCUT2D eigenvalue weighted by atomic mass is 10.1. The van der Waals surface area contributed by atoms with Crippen LogP contribution in [-0.2, 0) is 6.42 Å². The van der Waals surface area contributed by atoms with Crippen LogP contribution in [0.15, 0.2) is 39.5 Å². The first-order valence-electron chi connectivity index (χ1n) is 5.96. The van der Waals surface area contributed by atoms with Gasteiger partial charge in [-0.1, -0.05) is 24.3 Å². The minimum Gasteiger partial charge on any atom is -0.390 e. The number of carbonyl (C=O) groups is 1. The van der Waals surface area contributed by atoms with Gasteiger partial charge in [-0.25, -0.2) is 0 Å². The number of hydrogen-bond acceptors (Lipinski definition) is 3. The molecule has 1 heterocycles. The molecule has 2 aromatic rings. The number of aliphatic hydroxyl groups is 1. The zero-order chi connectivity index (χ0) is 13.4. The Hall–Kier alpha value is -1.17. The number of benzene rings is 1. The van der Waals surface area contributed by atoms with E-state index in [0.29, 0.717) is 12.0 Å². The van der Waals surface area contributed by atoms with Gasteiger partial charge >= 0.3 is 0 Å². The van der Waals surface area contributed by atoms with Crippen LogP contribution in [0.3, 0.4) is 0 Å². The van der Waals surface area contributed by atoms with Crippen molar-refractivity contribution in [3.63, 3.8) is 0 Å². The number of carbonyl (C=O) groups excluding carboxylic acids is 1. The Kier molecular flexibility index (Phi) is 3.43. The topological polar surface area (TPSA) is 49.3 Å². The molecule has 2 N–H and O–H groups in total. The van der Waals surface area contributed by atoms with E-state index in [-0.39, 0.29) is 11.9 Å². The van der Waals surface area contributed by atoms with Crippen molar-refractivity contribution in [1.29, 1.82) is 0 Å². The summed E-state index contributed by atoms with van der Waals surface area (Å²) in [7, 11) is 0. The van der Waals surface area contributed by atoms with Crippen LogP contribution in [-0.4, -0.2) is 17.1 Å². The van der Waals surface area contributed by atoms with Gasteiger partial charge in [0.05, 0.1) is 21.5 Å². The van der Waals surface area contributed by atoms with E-state index in [1.54, 1.807) is 11.4 Å². The Morgan fingerprint density at radius 2 is 2.21 bits per heavy atom. The fourth-order valence-corrected chi connectivity index (χ4v) is 3.54. The SMILES string of the molecule is O=C(N[C@H]1c2ccccc2C[C@H]1O)c1csc(Br)c1. The van der Waals surface area contributed by atoms with Gasteiger partial charge in [-0.2, -0.15) is 0 Å². The maximum absolute atomic E-state index is 12.1. The molecule has 0 saturated heterocycles. The second-order valence-corrected chi connectivity index (χ2v) is 6.85. The average molecular weight is 338 g/mol. The van der Waals surface area contributed by atoms with Crippen molar-refractivity contribution in [1.82, 2.24) is 5.32 Å². The van der Waals surface area contributed by atoms with Crippen LogP contribution < -0.4 is 5.32 Å². The van der Waals surface area contributed by atoms with Crippen LogP contribution in [0, 0.1) is 0 Å². The third-order valence-corrected chi connectivity index (χ3v) is 4.82. The molecule has 1 aromatic carbocycles. The molecular weight excluding hydrogens is 326 g/mol. The summed E-state index contributed by atoms with van der Waals surface area (Å²) in [5.41, 5.74) is 2.73. The van der Waals surface area contributed by atoms with E-state index in [2.05, 4.69) is 21.2 Å². The van der Waals surface area contributed by atoms with Crippen molar-refractivity contribution in [3.8, 4) is 0 Å². The standard InChI is InChI=1S/C14H12BrNO2S/c15-12-6-9(7-19-12)14(18)16-13-10-4-2-1-3-8(10)5-11(13)17/h1-4,6-7,11,13,17H,5H2,(H,16,18)/t11-,13+/m1/s1. The van der Waals surface area contributed by atoms with Gasteiger partial charge in [0, 0.05) is 11.8 Å². The van der Waals surface area contributed by atoms with Crippen LogP contribution >= 0.6 is 27.3 Å². The highest BCUT2D eigenvalue weighted by Crippen LogP contribution is 2.31. The van der Waals surface area contributed by atoms with Gasteiger partial charge in [0.15, 0.2) is 0 Å². The fourth-order valence-electron chi connectivity index (χ4n) is 2.40. The van der Waals surface area contributed by atoms with Crippen LogP contribution in [0.2, 0.25) is 0 Å². The van der Waals surface area contributed by atoms with E-state index in [1.807, 2.05) is 24.3 Å². The molecule has 0 bridgehead atoms. The minimum absolute atomic E-state index is 0.150. The molecule has 0 radical (unpaired) electrons. The smallest absolute Gasteiger partial charge is 0.252 e. The number of amides is 1. The van der Waals surface area contributed by atoms with E-state index >= 15 is 0 Å². The minimum atomic E-state index is -0.552. The Bertz CT molecular complexity index is 625. The number of halogens is 1. The Labute approximate surface area is 123 Å². The normalized spacial score (nSPS) is 21.2. The maximum atomic E-state index is 12.1. The van der Waals surface area contributed by atoms with Gasteiger partial charge in [0.1, 0.15) is 0 Å². The lowest BCUT2D eigenvalue weighted by Gasteiger charge is -2.17. The van der Waals surface area contributed by atoms with Crippen molar-refractivity contribution in [2.45, 2.75) is 18.6 Å². The first-order chi connectivity index (χ1) is 9.15. The second kappa shape index (κ2) is 5.07. The lowest BCUT2D eigenvalue weighted by molar-refractivity contribution is 0.0858. The highest BCUT2D eigenvalue weighted by molar-refractivity contribution is 9.11. The van der Waals surface area contributed by atoms with Crippen LogP contribution in [0.5, 0.6) is 0 Å². The molecule has 1 aliphatic rings. The summed E-state index contributed by atoms with van der Waals surface area (Å²) >= 11 is 4.81. The van der Waals surface area contributed by atoms with Gasteiger partial charge in [-0.05, 0) is 33.1 Å². The molecule has 0 unspecified atom stereocenters. The summed E-state index contributed by atoms with van der Waals surface area (Å²) in [6.07, 6.45) is 0.0393. The van der Waals surface area contributed by atoms with Crippen molar-refractivity contribution < 1.29 is 9.90 Å². The molecule has 3 rings (SSSR count). The van der Waals surface area contributed by atoms with Crippen molar-refractivity contribution in [3.05, 3.63) is 56.2 Å². The largest absolute Gasteiger partial charge is 0.390 e. The van der Waals surface area contributed by atoms with E-state index in [4.69, 9.17) is 0 Å². The van der Waals surface area contributed by atoms with Crippen molar-refractivity contribution in [2.75, 3.05) is 0 Å². The first-order valence-corrected chi connectivity index (χ1v) is 7.63. The zero-order valence-electron chi connectivity index (χ0n) is 9.97. The Morgan fingerprint density at radius 1 is 1.42 bits per heavy atom. The highest BCUT2D eigenvalue weighted by Gasteiger charge is 2.32. The predicted molar refractivity (Wildman–Crippen MR) is 78.4 cm³/mol. The van der Waals surface area contributed by atoms with Gasteiger partial charge in [0.2, 0.25) is 0 Å². The van der Waals surface area contributed by atoms with Gasteiger partial charge in [0.25, 0.3) is 5.91 Å². The molecule has 0 spiro atoms. The molecule has 2 atom stereocenters. The number of nitrogens with one attached hydrogen (secondary N) is 1. The number of hydrogen-bond donors (Lipinski definition) is 2.